The maximum atomic E-state index is 9.39. The zero-order valence-electron chi connectivity index (χ0n) is 8.45. The lowest BCUT2D eigenvalue weighted by atomic mass is 10.2. The van der Waals surface area contributed by atoms with Gasteiger partial charge in [0.1, 0.15) is 0 Å². The first kappa shape index (κ1) is 10.0. The molecule has 1 aliphatic carbocycles. The molecule has 0 aromatic carbocycles. The Bertz CT molecular complexity index is 132. The highest BCUT2D eigenvalue weighted by Gasteiger charge is 2.33. The molecule has 1 fully saturated rings. The van der Waals surface area contributed by atoms with E-state index in [-0.39, 0.29) is 6.10 Å². The van der Waals surface area contributed by atoms with Crippen LogP contribution in [0.2, 0.25) is 0 Å². The minimum atomic E-state index is -0.135. The van der Waals surface area contributed by atoms with E-state index < -0.39 is 0 Å². The Morgan fingerprint density at radius 3 is 2.58 bits per heavy atom. The summed E-state index contributed by atoms with van der Waals surface area (Å²) in [5.74, 6) is 1.82. The minimum Gasteiger partial charge on any atom is -0.392 e. The molecule has 0 spiro atoms. The molecular weight excluding hydrogens is 150 g/mol. The predicted molar refractivity (Wildman–Crippen MR) is 51.1 cm³/mol. The average molecular weight is 171 g/mol. The first-order valence-electron chi connectivity index (χ1n) is 5.00. The van der Waals surface area contributed by atoms with Crippen molar-refractivity contribution < 1.29 is 5.11 Å². The van der Waals surface area contributed by atoms with Gasteiger partial charge in [-0.3, -0.25) is 0 Å². The first-order valence-corrected chi connectivity index (χ1v) is 5.00. The van der Waals surface area contributed by atoms with Gasteiger partial charge in [-0.1, -0.05) is 13.8 Å². The average Bonchev–Trinajstić information content (AvgIpc) is 2.66. The molecule has 72 valence electrons. The number of nitrogens with zero attached hydrogens (tertiary/aromatic N) is 1. The Labute approximate surface area is 75.6 Å². The third-order valence-electron chi connectivity index (χ3n) is 2.82. The summed E-state index contributed by atoms with van der Waals surface area (Å²) < 4.78 is 0. The van der Waals surface area contributed by atoms with Crippen LogP contribution in [0.1, 0.15) is 26.7 Å². The second-order valence-corrected chi connectivity index (χ2v) is 4.26. The van der Waals surface area contributed by atoms with Crippen LogP contribution in [0.4, 0.5) is 0 Å². The predicted octanol–water partition coefficient (Wildman–Crippen LogP) is 1.35. The van der Waals surface area contributed by atoms with Gasteiger partial charge in [0, 0.05) is 13.1 Å². The molecule has 3 unspecified atom stereocenters. The molecule has 1 saturated carbocycles. The molecule has 12 heavy (non-hydrogen) atoms. The van der Waals surface area contributed by atoms with Crippen molar-refractivity contribution in [3.05, 3.63) is 0 Å². The van der Waals surface area contributed by atoms with Crippen LogP contribution < -0.4 is 0 Å². The van der Waals surface area contributed by atoms with Gasteiger partial charge in [-0.05, 0) is 31.7 Å². The summed E-state index contributed by atoms with van der Waals surface area (Å²) >= 11 is 0. The van der Waals surface area contributed by atoms with Gasteiger partial charge in [-0.25, -0.2) is 0 Å². The lowest BCUT2D eigenvalue weighted by Gasteiger charge is -2.19. The molecule has 2 heteroatoms. The SMILES string of the molecule is CCC(O)CN(C)CC1CC1C. The van der Waals surface area contributed by atoms with Crippen molar-refractivity contribution in [1.82, 2.24) is 4.90 Å². The molecule has 0 aromatic rings. The van der Waals surface area contributed by atoms with Crippen LogP contribution in [0.5, 0.6) is 0 Å². The molecule has 0 heterocycles. The molecule has 0 bridgehead atoms. The summed E-state index contributed by atoms with van der Waals surface area (Å²) in [7, 11) is 2.10. The molecule has 0 aliphatic heterocycles. The van der Waals surface area contributed by atoms with Crippen molar-refractivity contribution in [2.75, 3.05) is 20.1 Å². The lowest BCUT2D eigenvalue weighted by molar-refractivity contribution is 0.119. The van der Waals surface area contributed by atoms with E-state index in [1.807, 2.05) is 6.92 Å². The number of hydrogen-bond acceptors (Lipinski definition) is 2. The zero-order valence-corrected chi connectivity index (χ0v) is 8.45. The van der Waals surface area contributed by atoms with Crippen molar-refractivity contribution in [2.24, 2.45) is 11.8 Å². The number of aliphatic hydroxyl groups excluding tert-OH is 1. The van der Waals surface area contributed by atoms with Crippen LogP contribution in [-0.4, -0.2) is 36.2 Å². The Morgan fingerprint density at radius 2 is 2.17 bits per heavy atom. The second-order valence-electron chi connectivity index (χ2n) is 4.26. The molecule has 2 nitrogen and oxygen atoms in total. The Hall–Kier alpha value is -0.0800. The third kappa shape index (κ3) is 3.11. The third-order valence-corrected chi connectivity index (χ3v) is 2.82. The van der Waals surface area contributed by atoms with Crippen molar-refractivity contribution in [2.45, 2.75) is 32.8 Å². The first-order chi connectivity index (χ1) is 5.63. The van der Waals surface area contributed by atoms with E-state index >= 15 is 0 Å². The van der Waals surface area contributed by atoms with E-state index in [1.54, 1.807) is 0 Å². The fourth-order valence-electron chi connectivity index (χ4n) is 1.62. The molecule has 0 aromatic heterocycles. The summed E-state index contributed by atoms with van der Waals surface area (Å²) in [6.07, 6.45) is 2.11. The topological polar surface area (TPSA) is 23.5 Å². The quantitative estimate of drug-likeness (QED) is 0.675. The van der Waals surface area contributed by atoms with Crippen LogP contribution in [0.3, 0.4) is 0 Å². The van der Waals surface area contributed by atoms with E-state index in [0.29, 0.717) is 0 Å². The van der Waals surface area contributed by atoms with Crippen LogP contribution in [-0.2, 0) is 0 Å². The minimum absolute atomic E-state index is 0.135. The molecule has 0 amide bonds. The molecule has 0 saturated heterocycles. The standard InChI is InChI=1S/C10H21NO/c1-4-10(12)7-11(3)6-9-5-8(9)2/h8-10,12H,4-7H2,1-3H3. The van der Waals surface area contributed by atoms with Crippen LogP contribution in [0, 0.1) is 11.8 Å². The molecular formula is C10H21NO. The highest BCUT2D eigenvalue weighted by atomic mass is 16.3. The van der Waals surface area contributed by atoms with Gasteiger partial charge in [-0.15, -0.1) is 0 Å². The summed E-state index contributed by atoms with van der Waals surface area (Å²) in [6.45, 7) is 6.32. The van der Waals surface area contributed by atoms with E-state index in [2.05, 4.69) is 18.9 Å². The van der Waals surface area contributed by atoms with Crippen molar-refractivity contribution in [3.8, 4) is 0 Å². The monoisotopic (exact) mass is 171 g/mol. The summed E-state index contributed by atoms with van der Waals surface area (Å²) in [5.41, 5.74) is 0. The fraction of sp³-hybridized carbons (Fsp3) is 1.00. The molecule has 1 aliphatic rings. The Morgan fingerprint density at radius 1 is 1.58 bits per heavy atom. The van der Waals surface area contributed by atoms with Gasteiger partial charge in [0.25, 0.3) is 0 Å². The van der Waals surface area contributed by atoms with Gasteiger partial charge in [0.2, 0.25) is 0 Å². The van der Waals surface area contributed by atoms with Crippen LogP contribution >= 0.6 is 0 Å². The summed E-state index contributed by atoms with van der Waals surface area (Å²) in [6, 6.07) is 0. The molecule has 1 rings (SSSR count). The van der Waals surface area contributed by atoms with E-state index in [9.17, 15) is 5.11 Å². The van der Waals surface area contributed by atoms with Crippen LogP contribution in [0.15, 0.2) is 0 Å². The van der Waals surface area contributed by atoms with Gasteiger partial charge < -0.3 is 10.0 Å². The highest BCUT2D eigenvalue weighted by Crippen LogP contribution is 2.37. The zero-order chi connectivity index (χ0) is 9.14. The van der Waals surface area contributed by atoms with E-state index in [1.165, 1.54) is 6.42 Å². The smallest absolute Gasteiger partial charge is 0.0664 e. The van der Waals surface area contributed by atoms with E-state index in [0.717, 1.165) is 31.3 Å². The number of hydrogen-bond donors (Lipinski definition) is 1. The largest absolute Gasteiger partial charge is 0.392 e. The Balaban J connectivity index is 2.07. The maximum Gasteiger partial charge on any atom is 0.0664 e. The maximum absolute atomic E-state index is 9.39. The van der Waals surface area contributed by atoms with Crippen molar-refractivity contribution >= 4 is 0 Å². The summed E-state index contributed by atoms with van der Waals surface area (Å²) in [5, 5.41) is 9.39. The van der Waals surface area contributed by atoms with Crippen molar-refractivity contribution in [3.63, 3.8) is 0 Å². The molecule has 1 N–H and O–H groups in total. The molecule has 3 atom stereocenters. The van der Waals surface area contributed by atoms with Gasteiger partial charge in [-0.2, -0.15) is 0 Å². The fourth-order valence-corrected chi connectivity index (χ4v) is 1.62. The second kappa shape index (κ2) is 4.24. The number of likely N-dealkylation sites (N-methyl/N-ethyl adjacent to an activating group) is 1. The number of aliphatic hydroxyl groups is 1. The molecule has 0 radical (unpaired) electrons. The lowest BCUT2D eigenvalue weighted by Crippen LogP contribution is -2.30. The normalized spacial score (nSPS) is 30.8. The number of rotatable bonds is 5. The van der Waals surface area contributed by atoms with Crippen molar-refractivity contribution in [1.29, 1.82) is 0 Å². The van der Waals surface area contributed by atoms with E-state index in [4.69, 9.17) is 0 Å². The van der Waals surface area contributed by atoms with Gasteiger partial charge in [0.15, 0.2) is 0 Å². The highest BCUT2D eigenvalue weighted by molar-refractivity contribution is 4.84. The Kier molecular flexibility index (Phi) is 3.53. The van der Waals surface area contributed by atoms with Crippen LogP contribution in [0.25, 0.3) is 0 Å². The van der Waals surface area contributed by atoms with Gasteiger partial charge >= 0.3 is 0 Å². The van der Waals surface area contributed by atoms with Gasteiger partial charge in [0.05, 0.1) is 6.10 Å². The summed E-state index contributed by atoms with van der Waals surface area (Å²) in [4.78, 5) is 2.25.